The van der Waals surface area contributed by atoms with Gasteiger partial charge in [0.25, 0.3) is 0 Å². The van der Waals surface area contributed by atoms with Crippen LogP contribution in [-0.2, 0) is 9.53 Å². The molecule has 1 aromatic rings. The van der Waals surface area contributed by atoms with Crippen molar-refractivity contribution in [1.29, 1.82) is 0 Å². The molecule has 0 saturated heterocycles. The first-order chi connectivity index (χ1) is 9.69. The zero-order chi connectivity index (χ0) is 14.5. The lowest BCUT2D eigenvalue weighted by atomic mass is 9.80. The van der Waals surface area contributed by atoms with Gasteiger partial charge in [-0.1, -0.05) is 13.0 Å². The highest BCUT2D eigenvalue weighted by molar-refractivity contribution is 6.09. The summed E-state index contributed by atoms with van der Waals surface area (Å²) < 4.78 is 5.19. The van der Waals surface area contributed by atoms with E-state index in [-0.39, 0.29) is 11.9 Å². The van der Waals surface area contributed by atoms with Crippen LogP contribution in [0.4, 0.5) is 0 Å². The van der Waals surface area contributed by atoms with Gasteiger partial charge in [0.1, 0.15) is 5.92 Å². The van der Waals surface area contributed by atoms with Crippen molar-refractivity contribution >= 4 is 17.4 Å². The van der Waals surface area contributed by atoms with Gasteiger partial charge >= 0.3 is 5.97 Å². The number of hydrogen-bond donors (Lipinski definition) is 0. The summed E-state index contributed by atoms with van der Waals surface area (Å²) >= 11 is 0. The minimum atomic E-state index is -0.433. The number of ether oxygens (including phenoxy) is 1. The number of hydrogen-bond acceptors (Lipinski definition) is 5. The second kappa shape index (κ2) is 6.41. The molecule has 0 fully saturated rings. The fourth-order valence-electron chi connectivity index (χ4n) is 2.43. The van der Waals surface area contributed by atoms with Crippen molar-refractivity contribution in [1.82, 2.24) is 4.98 Å². The van der Waals surface area contributed by atoms with E-state index in [1.807, 2.05) is 32.0 Å². The van der Waals surface area contributed by atoms with Crippen molar-refractivity contribution < 1.29 is 9.53 Å². The van der Waals surface area contributed by atoms with E-state index in [2.05, 4.69) is 15.2 Å². The van der Waals surface area contributed by atoms with Gasteiger partial charge in [-0.3, -0.25) is 9.78 Å². The highest BCUT2D eigenvalue weighted by Crippen LogP contribution is 2.31. The summed E-state index contributed by atoms with van der Waals surface area (Å²) in [6.07, 6.45) is 2.46. The Balaban J connectivity index is 2.43. The highest BCUT2D eigenvalue weighted by Gasteiger charge is 2.39. The summed E-state index contributed by atoms with van der Waals surface area (Å²) in [6, 6.07) is 5.69. The van der Waals surface area contributed by atoms with Crippen LogP contribution in [0.25, 0.3) is 0 Å². The smallest absolute Gasteiger partial charge is 0.315 e. The van der Waals surface area contributed by atoms with Crippen molar-refractivity contribution in [2.45, 2.75) is 33.1 Å². The first-order valence-electron chi connectivity index (χ1n) is 6.87. The molecule has 5 nitrogen and oxygen atoms in total. The standard InChI is InChI=1S/C15H19N3O2/c1-4-11-14(12-8-6-7-9-16-12)13(10(3)17-18-11)15(19)20-5-2/h6-9,13-14H,4-5H2,1-3H3. The van der Waals surface area contributed by atoms with Crippen LogP contribution in [0.5, 0.6) is 0 Å². The average Bonchev–Trinajstić information content (AvgIpc) is 2.48. The Hall–Kier alpha value is -2.04. The Morgan fingerprint density at radius 3 is 2.70 bits per heavy atom. The third-order valence-corrected chi connectivity index (χ3v) is 3.39. The second-order valence-corrected chi connectivity index (χ2v) is 4.65. The average molecular weight is 273 g/mol. The minimum Gasteiger partial charge on any atom is -0.465 e. The molecule has 0 N–H and O–H groups in total. The van der Waals surface area contributed by atoms with E-state index in [4.69, 9.17) is 4.74 Å². The van der Waals surface area contributed by atoms with Gasteiger partial charge in [0.15, 0.2) is 0 Å². The lowest BCUT2D eigenvalue weighted by Crippen LogP contribution is -2.37. The molecule has 0 saturated carbocycles. The van der Waals surface area contributed by atoms with E-state index in [0.717, 1.165) is 17.8 Å². The molecule has 1 aromatic heterocycles. The van der Waals surface area contributed by atoms with Gasteiger partial charge in [0.2, 0.25) is 0 Å². The van der Waals surface area contributed by atoms with E-state index < -0.39 is 5.92 Å². The lowest BCUT2D eigenvalue weighted by Gasteiger charge is -2.28. The van der Waals surface area contributed by atoms with Crippen LogP contribution in [0, 0.1) is 5.92 Å². The van der Waals surface area contributed by atoms with Crippen molar-refractivity contribution in [2.24, 2.45) is 16.1 Å². The maximum atomic E-state index is 12.3. The summed E-state index contributed by atoms with van der Waals surface area (Å²) in [5, 5.41) is 8.36. The van der Waals surface area contributed by atoms with Crippen molar-refractivity contribution in [2.75, 3.05) is 6.61 Å². The van der Waals surface area contributed by atoms with Gasteiger partial charge in [0.05, 0.1) is 29.6 Å². The number of carbonyl (C=O) groups is 1. The normalized spacial score (nSPS) is 21.9. The second-order valence-electron chi connectivity index (χ2n) is 4.65. The summed E-state index contributed by atoms with van der Waals surface area (Å²) in [6.45, 7) is 5.98. The topological polar surface area (TPSA) is 63.9 Å². The van der Waals surface area contributed by atoms with Gasteiger partial charge in [-0.25, -0.2) is 0 Å². The first-order valence-corrected chi connectivity index (χ1v) is 6.87. The maximum Gasteiger partial charge on any atom is 0.315 e. The highest BCUT2D eigenvalue weighted by atomic mass is 16.5. The van der Waals surface area contributed by atoms with E-state index in [1.165, 1.54) is 0 Å². The van der Waals surface area contributed by atoms with E-state index >= 15 is 0 Å². The zero-order valence-corrected chi connectivity index (χ0v) is 12.0. The molecular formula is C15H19N3O2. The van der Waals surface area contributed by atoms with Crippen LogP contribution in [0.1, 0.15) is 38.8 Å². The molecule has 2 rings (SSSR count). The largest absolute Gasteiger partial charge is 0.465 e. The Kier molecular flexibility index (Phi) is 4.61. The Bertz CT molecular complexity index is 537. The van der Waals surface area contributed by atoms with Crippen LogP contribution < -0.4 is 0 Å². The summed E-state index contributed by atoms with van der Waals surface area (Å²) in [5.74, 6) is -0.875. The fourth-order valence-corrected chi connectivity index (χ4v) is 2.43. The minimum absolute atomic E-state index is 0.183. The van der Waals surface area contributed by atoms with Crippen LogP contribution in [-0.4, -0.2) is 29.0 Å². The molecule has 0 spiro atoms. The van der Waals surface area contributed by atoms with Gasteiger partial charge in [0, 0.05) is 6.20 Å². The number of nitrogens with zero attached hydrogens (tertiary/aromatic N) is 3. The van der Waals surface area contributed by atoms with Crippen LogP contribution in [0.3, 0.4) is 0 Å². The molecule has 106 valence electrons. The predicted octanol–water partition coefficient (Wildman–Crippen LogP) is 2.59. The molecule has 0 amide bonds. The molecule has 5 heteroatoms. The lowest BCUT2D eigenvalue weighted by molar-refractivity contribution is -0.145. The fraction of sp³-hybridized carbons (Fsp3) is 0.467. The van der Waals surface area contributed by atoms with Crippen LogP contribution >= 0.6 is 0 Å². The summed E-state index contributed by atoms with van der Waals surface area (Å²) in [4.78, 5) is 16.7. The monoisotopic (exact) mass is 273 g/mol. The Morgan fingerprint density at radius 2 is 2.10 bits per heavy atom. The number of aromatic nitrogens is 1. The maximum absolute atomic E-state index is 12.3. The summed E-state index contributed by atoms with van der Waals surface area (Å²) in [5.41, 5.74) is 2.38. The molecule has 1 aliphatic rings. The Morgan fingerprint density at radius 1 is 1.30 bits per heavy atom. The van der Waals surface area contributed by atoms with Gasteiger partial charge in [-0.05, 0) is 32.4 Å². The molecule has 1 aliphatic heterocycles. The first kappa shape index (κ1) is 14.4. The van der Waals surface area contributed by atoms with Crippen LogP contribution in [0.15, 0.2) is 34.6 Å². The molecule has 0 aromatic carbocycles. The number of pyridine rings is 1. The van der Waals surface area contributed by atoms with Crippen LogP contribution in [0.2, 0.25) is 0 Å². The molecule has 20 heavy (non-hydrogen) atoms. The van der Waals surface area contributed by atoms with Crippen molar-refractivity contribution in [3.8, 4) is 0 Å². The SMILES string of the molecule is CCOC(=O)C1C(C)=NN=C(CC)C1c1ccccn1. The quantitative estimate of drug-likeness (QED) is 0.792. The van der Waals surface area contributed by atoms with Gasteiger partial charge < -0.3 is 4.74 Å². The van der Waals surface area contributed by atoms with Crippen molar-refractivity contribution in [3.05, 3.63) is 30.1 Å². The number of carbonyl (C=O) groups excluding carboxylic acids is 1. The summed E-state index contributed by atoms with van der Waals surface area (Å²) in [7, 11) is 0. The molecule has 0 bridgehead atoms. The van der Waals surface area contributed by atoms with Crippen molar-refractivity contribution in [3.63, 3.8) is 0 Å². The Labute approximate surface area is 118 Å². The molecule has 2 heterocycles. The van der Waals surface area contributed by atoms with E-state index in [1.54, 1.807) is 13.1 Å². The third-order valence-electron chi connectivity index (χ3n) is 3.39. The van der Waals surface area contributed by atoms with E-state index in [0.29, 0.717) is 12.3 Å². The molecule has 0 aliphatic carbocycles. The number of rotatable bonds is 4. The molecule has 2 atom stereocenters. The number of esters is 1. The predicted molar refractivity (Wildman–Crippen MR) is 77.9 cm³/mol. The van der Waals surface area contributed by atoms with E-state index in [9.17, 15) is 4.79 Å². The zero-order valence-electron chi connectivity index (χ0n) is 12.0. The van der Waals surface area contributed by atoms with Gasteiger partial charge in [-0.15, -0.1) is 0 Å². The molecule has 0 radical (unpaired) electrons. The molecule has 2 unspecified atom stereocenters. The molecular weight excluding hydrogens is 254 g/mol. The third kappa shape index (κ3) is 2.76. The van der Waals surface area contributed by atoms with Gasteiger partial charge in [-0.2, -0.15) is 10.2 Å².